The highest BCUT2D eigenvalue weighted by atomic mass is 19.4. The normalized spacial score (nSPS) is 12.9. The molecule has 0 saturated carbocycles. The van der Waals surface area contributed by atoms with E-state index in [2.05, 4.69) is 20.3 Å². The van der Waals surface area contributed by atoms with Crippen molar-refractivity contribution in [1.29, 1.82) is 0 Å². The van der Waals surface area contributed by atoms with Gasteiger partial charge in [-0.25, -0.2) is 9.97 Å². The lowest BCUT2D eigenvalue weighted by atomic mass is 10.0. The van der Waals surface area contributed by atoms with Crippen molar-refractivity contribution in [3.05, 3.63) is 41.7 Å². The minimum atomic E-state index is -4.34. The standard InChI is InChI=1S/C14H16F3N5/c1-9(21-13-20-8-19-12(18)22-13)6-7-10-4-2-3-5-11(10)14(15,16)17/h2-5,8-9H,6-7H2,1H3,(H3,18,19,20,21,22). The largest absolute Gasteiger partial charge is 0.416 e. The average Bonchev–Trinajstić information content (AvgIpc) is 2.44. The monoisotopic (exact) mass is 311 g/mol. The Hall–Kier alpha value is -2.38. The zero-order chi connectivity index (χ0) is 16.2. The fourth-order valence-electron chi connectivity index (χ4n) is 2.06. The van der Waals surface area contributed by atoms with Crippen molar-refractivity contribution in [3.8, 4) is 0 Å². The number of nitrogens with one attached hydrogen (secondary N) is 1. The molecule has 0 radical (unpaired) electrons. The maximum atomic E-state index is 12.9. The van der Waals surface area contributed by atoms with Gasteiger partial charge in [0.05, 0.1) is 5.56 Å². The molecule has 1 unspecified atom stereocenters. The highest BCUT2D eigenvalue weighted by Crippen LogP contribution is 2.32. The summed E-state index contributed by atoms with van der Waals surface area (Å²) in [6, 6.07) is 5.48. The van der Waals surface area contributed by atoms with Crippen molar-refractivity contribution in [2.75, 3.05) is 11.1 Å². The van der Waals surface area contributed by atoms with E-state index in [1.807, 2.05) is 6.92 Å². The second-order valence-corrected chi connectivity index (χ2v) is 4.91. The second-order valence-electron chi connectivity index (χ2n) is 4.91. The molecule has 0 spiro atoms. The Morgan fingerprint density at radius 3 is 2.64 bits per heavy atom. The van der Waals surface area contributed by atoms with Crippen molar-refractivity contribution in [2.24, 2.45) is 0 Å². The molecule has 8 heteroatoms. The predicted octanol–water partition coefficient (Wildman–Crippen LogP) is 2.91. The van der Waals surface area contributed by atoms with E-state index in [0.29, 0.717) is 18.8 Å². The highest BCUT2D eigenvalue weighted by molar-refractivity contribution is 5.31. The minimum Gasteiger partial charge on any atom is -0.368 e. The molecule has 5 nitrogen and oxygen atoms in total. The summed E-state index contributed by atoms with van der Waals surface area (Å²) in [6.45, 7) is 1.84. The van der Waals surface area contributed by atoms with Crippen molar-refractivity contribution < 1.29 is 13.2 Å². The molecule has 2 aromatic rings. The molecule has 1 aromatic heterocycles. The molecule has 0 amide bonds. The lowest BCUT2D eigenvalue weighted by molar-refractivity contribution is -0.138. The van der Waals surface area contributed by atoms with Crippen LogP contribution in [0.1, 0.15) is 24.5 Å². The van der Waals surface area contributed by atoms with Crippen molar-refractivity contribution >= 4 is 11.9 Å². The molecule has 0 fully saturated rings. The fourth-order valence-corrected chi connectivity index (χ4v) is 2.06. The van der Waals surface area contributed by atoms with Gasteiger partial charge < -0.3 is 11.1 Å². The molecule has 0 saturated heterocycles. The van der Waals surface area contributed by atoms with Gasteiger partial charge in [-0.3, -0.25) is 0 Å². The zero-order valence-electron chi connectivity index (χ0n) is 11.9. The third kappa shape index (κ3) is 4.31. The van der Waals surface area contributed by atoms with E-state index >= 15 is 0 Å². The van der Waals surface area contributed by atoms with Gasteiger partial charge in [-0.2, -0.15) is 18.2 Å². The summed E-state index contributed by atoms with van der Waals surface area (Å²) in [7, 11) is 0. The first-order chi connectivity index (χ1) is 10.4. The SMILES string of the molecule is CC(CCc1ccccc1C(F)(F)F)Nc1ncnc(N)n1. The molecule has 1 atom stereocenters. The highest BCUT2D eigenvalue weighted by Gasteiger charge is 2.32. The number of anilines is 2. The predicted molar refractivity (Wildman–Crippen MR) is 77.1 cm³/mol. The van der Waals surface area contributed by atoms with Crippen LogP contribution in [-0.2, 0) is 12.6 Å². The summed E-state index contributed by atoms with van der Waals surface area (Å²) >= 11 is 0. The Morgan fingerprint density at radius 1 is 1.23 bits per heavy atom. The van der Waals surface area contributed by atoms with Gasteiger partial charge in [0.1, 0.15) is 6.33 Å². The van der Waals surface area contributed by atoms with Crippen LogP contribution in [0.5, 0.6) is 0 Å². The third-order valence-electron chi connectivity index (χ3n) is 3.14. The van der Waals surface area contributed by atoms with Crippen LogP contribution < -0.4 is 11.1 Å². The lowest BCUT2D eigenvalue weighted by Crippen LogP contribution is -2.19. The first-order valence-corrected chi connectivity index (χ1v) is 6.72. The Morgan fingerprint density at radius 2 is 1.95 bits per heavy atom. The van der Waals surface area contributed by atoms with Crippen LogP contribution in [0.15, 0.2) is 30.6 Å². The summed E-state index contributed by atoms with van der Waals surface area (Å²) in [6.07, 6.45) is -2.27. The molecule has 2 rings (SSSR count). The zero-order valence-corrected chi connectivity index (χ0v) is 11.9. The molecule has 1 heterocycles. The van der Waals surface area contributed by atoms with Gasteiger partial charge in [0, 0.05) is 6.04 Å². The molecule has 0 aliphatic rings. The third-order valence-corrected chi connectivity index (χ3v) is 3.14. The topological polar surface area (TPSA) is 76.7 Å². The van der Waals surface area contributed by atoms with Crippen LogP contribution in [-0.4, -0.2) is 21.0 Å². The maximum absolute atomic E-state index is 12.9. The number of nitrogens with two attached hydrogens (primary N) is 1. The van der Waals surface area contributed by atoms with Crippen LogP contribution >= 0.6 is 0 Å². The molecule has 0 bridgehead atoms. The van der Waals surface area contributed by atoms with E-state index in [1.165, 1.54) is 18.5 Å². The van der Waals surface area contributed by atoms with Gasteiger partial charge in [-0.15, -0.1) is 0 Å². The van der Waals surface area contributed by atoms with Crippen molar-refractivity contribution in [2.45, 2.75) is 32.0 Å². The van der Waals surface area contributed by atoms with Crippen LogP contribution in [0.25, 0.3) is 0 Å². The molecular formula is C14H16F3N5. The summed E-state index contributed by atoms with van der Waals surface area (Å²) < 4.78 is 38.7. The summed E-state index contributed by atoms with van der Waals surface area (Å²) in [5.41, 5.74) is 5.13. The van der Waals surface area contributed by atoms with Gasteiger partial charge in [0.2, 0.25) is 11.9 Å². The van der Waals surface area contributed by atoms with E-state index in [9.17, 15) is 13.2 Å². The van der Waals surface area contributed by atoms with Crippen molar-refractivity contribution in [1.82, 2.24) is 15.0 Å². The van der Waals surface area contributed by atoms with E-state index in [1.54, 1.807) is 6.07 Å². The quantitative estimate of drug-likeness (QED) is 0.888. The number of alkyl halides is 3. The van der Waals surface area contributed by atoms with Crippen molar-refractivity contribution in [3.63, 3.8) is 0 Å². The molecular weight excluding hydrogens is 295 g/mol. The second kappa shape index (κ2) is 6.59. The Bertz CT molecular complexity index is 630. The van der Waals surface area contributed by atoms with Gasteiger partial charge in [0.15, 0.2) is 0 Å². The van der Waals surface area contributed by atoms with E-state index < -0.39 is 11.7 Å². The van der Waals surface area contributed by atoms with Crippen LogP contribution in [0.3, 0.4) is 0 Å². The minimum absolute atomic E-state index is 0.0899. The molecule has 1 aromatic carbocycles. The number of nitrogen functional groups attached to an aromatic ring is 1. The number of rotatable bonds is 5. The summed E-state index contributed by atoms with van der Waals surface area (Å²) in [5, 5.41) is 2.99. The number of nitrogens with zero attached hydrogens (tertiary/aromatic N) is 3. The lowest BCUT2D eigenvalue weighted by Gasteiger charge is -2.16. The molecule has 0 aliphatic heterocycles. The van der Waals surface area contributed by atoms with E-state index in [0.717, 1.165) is 6.07 Å². The van der Waals surface area contributed by atoms with Crippen LogP contribution in [0.2, 0.25) is 0 Å². The Labute approximate surface area is 125 Å². The van der Waals surface area contributed by atoms with Gasteiger partial charge >= 0.3 is 6.18 Å². The van der Waals surface area contributed by atoms with Crippen LogP contribution in [0.4, 0.5) is 25.1 Å². The first kappa shape index (κ1) is 16.0. The van der Waals surface area contributed by atoms with Gasteiger partial charge in [-0.05, 0) is 31.4 Å². The number of hydrogen-bond donors (Lipinski definition) is 2. The van der Waals surface area contributed by atoms with Crippen LogP contribution in [0, 0.1) is 0 Å². The number of hydrogen-bond acceptors (Lipinski definition) is 5. The molecule has 3 N–H and O–H groups in total. The average molecular weight is 311 g/mol. The molecule has 0 aliphatic carbocycles. The first-order valence-electron chi connectivity index (χ1n) is 6.72. The van der Waals surface area contributed by atoms with Gasteiger partial charge in [-0.1, -0.05) is 18.2 Å². The number of aromatic nitrogens is 3. The number of halogens is 3. The fraction of sp³-hybridized carbons (Fsp3) is 0.357. The summed E-state index contributed by atoms with van der Waals surface area (Å²) in [4.78, 5) is 11.5. The summed E-state index contributed by atoms with van der Waals surface area (Å²) in [5.74, 6) is 0.399. The Kier molecular flexibility index (Phi) is 4.79. The smallest absolute Gasteiger partial charge is 0.368 e. The maximum Gasteiger partial charge on any atom is 0.416 e. The Balaban J connectivity index is 1.98. The van der Waals surface area contributed by atoms with E-state index in [4.69, 9.17) is 5.73 Å². The molecule has 118 valence electrons. The van der Waals surface area contributed by atoms with E-state index in [-0.39, 0.29) is 17.6 Å². The number of benzene rings is 1. The number of aryl methyl sites for hydroxylation is 1. The van der Waals surface area contributed by atoms with Gasteiger partial charge in [0.25, 0.3) is 0 Å². The molecule has 22 heavy (non-hydrogen) atoms.